The van der Waals surface area contributed by atoms with Gasteiger partial charge in [0.1, 0.15) is 0 Å². The number of nitrogens with zero attached hydrogens (tertiary/aromatic N) is 1. The molecule has 0 heterocycles. The summed E-state index contributed by atoms with van der Waals surface area (Å²) in [5, 5.41) is 0. The third-order valence-electron chi connectivity index (χ3n) is 2.16. The number of carbonyl (C=O) groups excluding carboxylic acids is 1. The van der Waals surface area contributed by atoms with Crippen molar-refractivity contribution >= 4 is 52.3 Å². The second kappa shape index (κ2) is 7.25. The van der Waals surface area contributed by atoms with E-state index in [1.165, 1.54) is 10.4 Å². The molecule has 0 bridgehead atoms. The SMILES string of the molecule is O=C(N(C/C=C\Cl)Cc1ccccc1)C(Cl)(Cl)Cl. The molecule has 0 saturated heterocycles. The Kier molecular flexibility index (Phi) is 6.30. The van der Waals surface area contributed by atoms with Gasteiger partial charge in [0.2, 0.25) is 0 Å². The maximum atomic E-state index is 11.9. The van der Waals surface area contributed by atoms with Gasteiger partial charge in [-0.25, -0.2) is 0 Å². The molecule has 1 aromatic carbocycles. The highest BCUT2D eigenvalue weighted by Crippen LogP contribution is 2.29. The Morgan fingerprint density at radius 2 is 1.83 bits per heavy atom. The van der Waals surface area contributed by atoms with Gasteiger partial charge in [-0.05, 0) is 5.56 Å². The quantitative estimate of drug-likeness (QED) is 0.761. The van der Waals surface area contributed by atoms with E-state index in [-0.39, 0.29) is 6.54 Å². The van der Waals surface area contributed by atoms with Crippen molar-refractivity contribution in [1.82, 2.24) is 4.90 Å². The first kappa shape index (κ1) is 15.6. The minimum atomic E-state index is -1.96. The molecule has 0 aliphatic heterocycles. The fraction of sp³-hybridized carbons (Fsp3) is 0.250. The molecule has 1 amide bonds. The summed E-state index contributed by atoms with van der Waals surface area (Å²) in [6.07, 6.45) is 1.61. The number of alkyl halides is 3. The molecular formula is C12H11Cl4NO. The molecule has 0 aromatic heterocycles. The Balaban J connectivity index is 2.82. The highest BCUT2D eigenvalue weighted by atomic mass is 35.6. The van der Waals surface area contributed by atoms with Crippen LogP contribution < -0.4 is 0 Å². The molecule has 98 valence electrons. The lowest BCUT2D eigenvalue weighted by Gasteiger charge is -2.24. The minimum absolute atomic E-state index is 0.283. The molecule has 0 saturated carbocycles. The number of hydrogen-bond donors (Lipinski definition) is 0. The van der Waals surface area contributed by atoms with Gasteiger partial charge >= 0.3 is 0 Å². The summed E-state index contributed by atoms with van der Waals surface area (Å²) < 4.78 is -1.96. The van der Waals surface area contributed by atoms with Gasteiger partial charge in [-0.2, -0.15) is 0 Å². The number of carbonyl (C=O) groups is 1. The molecular weight excluding hydrogens is 316 g/mol. The van der Waals surface area contributed by atoms with E-state index in [0.29, 0.717) is 6.54 Å². The van der Waals surface area contributed by atoms with E-state index >= 15 is 0 Å². The third-order valence-corrected chi connectivity index (χ3v) is 2.82. The van der Waals surface area contributed by atoms with E-state index in [2.05, 4.69) is 0 Å². The largest absolute Gasteiger partial charge is 0.331 e. The molecule has 0 unspecified atom stereocenters. The van der Waals surface area contributed by atoms with E-state index in [9.17, 15) is 4.79 Å². The summed E-state index contributed by atoms with van der Waals surface area (Å²) in [7, 11) is 0. The average molecular weight is 327 g/mol. The Morgan fingerprint density at radius 3 is 2.33 bits per heavy atom. The summed E-state index contributed by atoms with van der Waals surface area (Å²) in [6, 6.07) is 9.44. The first-order valence-corrected chi connectivity index (χ1v) is 6.67. The molecule has 0 atom stereocenters. The highest BCUT2D eigenvalue weighted by Gasteiger charge is 2.34. The second-order valence-electron chi connectivity index (χ2n) is 3.53. The number of hydrogen-bond acceptors (Lipinski definition) is 1. The van der Waals surface area contributed by atoms with Crippen molar-refractivity contribution in [1.29, 1.82) is 0 Å². The normalized spacial score (nSPS) is 11.8. The lowest BCUT2D eigenvalue weighted by Crippen LogP contribution is -2.39. The first-order chi connectivity index (χ1) is 8.45. The van der Waals surface area contributed by atoms with Gasteiger partial charge < -0.3 is 4.90 Å². The second-order valence-corrected chi connectivity index (χ2v) is 6.06. The summed E-state index contributed by atoms with van der Waals surface area (Å²) in [4.78, 5) is 13.3. The molecule has 6 heteroatoms. The van der Waals surface area contributed by atoms with Gasteiger partial charge in [-0.3, -0.25) is 4.79 Å². The van der Waals surface area contributed by atoms with Gasteiger partial charge in [0.15, 0.2) is 0 Å². The zero-order valence-electron chi connectivity index (χ0n) is 9.32. The van der Waals surface area contributed by atoms with Crippen LogP contribution >= 0.6 is 46.4 Å². The molecule has 0 N–H and O–H groups in total. The predicted molar refractivity (Wildman–Crippen MR) is 77.1 cm³/mol. The zero-order valence-corrected chi connectivity index (χ0v) is 12.3. The van der Waals surface area contributed by atoms with Crippen molar-refractivity contribution in [3.63, 3.8) is 0 Å². The average Bonchev–Trinajstić information content (AvgIpc) is 2.33. The van der Waals surface area contributed by atoms with Crippen LogP contribution in [0.5, 0.6) is 0 Å². The van der Waals surface area contributed by atoms with Crippen LogP contribution in [0.25, 0.3) is 0 Å². The van der Waals surface area contributed by atoms with E-state index in [1.54, 1.807) is 6.08 Å². The standard InChI is InChI=1S/C12H11Cl4NO/c13-7-4-8-17(11(18)12(14,15)16)9-10-5-2-1-3-6-10/h1-7H,8-9H2/b7-4-. The van der Waals surface area contributed by atoms with Crippen molar-refractivity contribution < 1.29 is 4.79 Å². The summed E-state index contributed by atoms with van der Waals surface area (Å²) in [5.74, 6) is -0.578. The molecule has 18 heavy (non-hydrogen) atoms. The molecule has 0 spiro atoms. The Hall–Kier alpha value is -0.410. The number of amides is 1. The lowest BCUT2D eigenvalue weighted by molar-refractivity contribution is -0.130. The number of rotatable bonds is 4. The van der Waals surface area contributed by atoms with Gasteiger partial charge in [0.25, 0.3) is 9.70 Å². The van der Waals surface area contributed by atoms with E-state index in [0.717, 1.165) is 5.56 Å². The van der Waals surface area contributed by atoms with E-state index < -0.39 is 9.70 Å². The van der Waals surface area contributed by atoms with Crippen LogP contribution in [-0.4, -0.2) is 21.1 Å². The van der Waals surface area contributed by atoms with Crippen LogP contribution in [0.3, 0.4) is 0 Å². The molecule has 2 nitrogen and oxygen atoms in total. The smallest absolute Gasteiger partial charge is 0.275 e. The summed E-state index contributed by atoms with van der Waals surface area (Å²) >= 11 is 22.3. The monoisotopic (exact) mass is 325 g/mol. The Labute approximate surface area is 126 Å². The maximum Gasteiger partial charge on any atom is 0.275 e. The van der Waals surface area contributed by atoms with Crippen molar-refractivity contribution in [2.75, 3.05) is 6.54 Å². The van der Waals surface area contributed by atoms with Crippen LogP contribution in [-0.2, 0) is 11.3 Å². The topological polar surface area (TPSA) is 20.3 Å². The van der Waals surface area contributed by atoms with E-state index in [4.69, 9.17) is 46.4 Å². The van der Waals surface area contributed by atoms with Gasteiger partial charge in [-0.1, -0.05) is 82.8 Å². The zero-order chi connectivity index (χ0) is 13.6. The molecule has 1 aromatic rings. The van der Waals surface area contributed by atoms with Crippen molar-refractivity contribution in [2.24, 2.45) is 0 Å². The van der Waals surface area contributed by atoms with Crippen molar-refractivity contribution in [2.45, 2.75) is 10.3 Å². The summed E-state index contributed by atoms with van der Waals surface area (Å²) in [5.41, 5.74) is 2.27. The van der Waals surface area contributed by atoms with Crippen LogP contribution in [0, 0.1) is 0 Å². The lowest BCUT2D eigenvalue weighted by atomic mass is 10.2. The molecule has 0 aliphatic rings. The predicted octanol–water partition coefficient (Wildman–Crippen LogP) is 4.14. The highest BCUT2D eigenvalue weighted by molar-refractivity contribution is 6.76. The van der Waals surface area contributed by atoms with Gasteiger partial charge in [0, 0.05) is 18.6 Å². The van der Waals surface area contributed by atoms with Crippen LogP contribution in [0.2, 0.25) is 0 Å². The third kappa shape index (κ3) is 5.07. The first-order valence-electron chi connectivity index (χ1n) is 5.10. The molecule has 1 rings (SSSR count). The van der Waals surface area contributed by atoms with E-state index in [1.807, 2.05) is 30.3 Å². The number of halogens is 4. The Bertz CT molecular complexity index is 414. The van der Waals surface area contributed by atoms with Crippen LogP contribution in [0.15, 0.2) is 41.9 Å². The molecule has 0 aliphatic carbocycles. The molecule has 0 radical (unpaired) electrons. The van der Waals surface area contributed by atoms with Crippen LogP contribution in [0.1, 0.15) is 5.56 Å². The fourth-order valence-electron chi connectivity index (χ4n) is 1.37. The maximum absolute atomic E-state index is 11.9. The fourth-order valence-corrected chi connectivity index (χ4v) is 1.81. The van der Waals surface area contributed by atoms with Crippen molar-refractivity contribution in [3.05, 3.63) is 47.5 Å². The summed E-state index contributed by atoms with van der Waals surface area (Å²) in [6.45, 7) is 0.639. The van der Waals surface area contributed by atoms with Crippen molar-refractivity contribution in [3.8, 4) is 0 Å². The van der Waals surface area contributed by atoms with Gasteiger partial charge in [-0.15, -0.1) is 0 Å². The minimum Gasteiger partial charge on any atom is -0.331 e. The Morgan fingerprint density at radius 1 is 1.22 bits per heavy atom. The number of benzene rings is 1. The van der Waals surface area contributed by atoms with Gasteiger partial charge in [0.05, 0.1) is 0 Å². The molecule has 0 fully saturated rings. The van der Waals surface area contributed by atoms with Crippen LogP contribution in [0.4, 0.5) is 0 Å².